The fourth-order valence-electron chi connectivity index (χ4n) is 5.82. The van der Waals surface area contributed by atoms with Crippen molar-refractivity contribution in [1.82, 2.24) is 20.9 Å². The number of alkyl carbamates (subject to hydrolysis) is 1. The number of ether oxygens (including phenoxy) is 1. The first-order valence-corrected chi connectivity index (χ1v) is 15.0. The lowest BCUT2D eigenvalue weighted by molar-refractivity contribution is -0.144. The second kappa shape index (κ2) is 13.6. The maximum Gasteiger partial charge on any atom is 0.408 e. The molecule has 0 aromatic heterocycles. The number of amides is 4. The van der Waals surface area contributed by atoms with Crippen LogP contribution in [0.3, 0.4) is 0 Å². The highest BCUT2D eigenvalue weighted by molar-refractivity contribution is 6.51. The lowest BCUT2D eigenvalue weighted by Gasteiger charge is -2.36. The Morgan fingerprint density at radius 3 is 2.29 bits per heavy atom. The molecular weight excluding hydrogens is 571 g/mol. The third kappa shape index (κ3) is 8.03. The molecule has 2 saturated carbocycles. The van der Waals surface area contributed by atoms with Crippen LogP contribution in [-0.4, -0.2) is 75.6 Å². The van der Waals surface area contributed by atoms with Crippen LogP contribution < -0.4 is 16.0 Å². The number of Topliss-reactive ketones (excluding diaryl/α,β-unsaturated/α-hetero) is 1. The number of allylic oxidation sites excluding steroid dienone is 1. The first-order valence-electron chi connectivity index (χ1n) is 14.2. The van der Waals surface area contributed by atoms with Crippen molar-refractivity contribution in [2.75, 3.05) is 13.1 Å². The van der Waals surface area contributed by atoms with Gasteiger partial charge in [0.1, 0.15) is 22.0 Å². The van der Waals surface area contributed by atoms with Crippen LogP contribution >= 0.6 is 23.2 Å². The van der Waals surface area contributed by atoms with Crippen molar-refractivity contribution in [3.8, 4) is 0 Å². The Bertz CT molecular complexity index is 1050. The van der Waals surface area contributed by atoms with Gasteiger partial charge in [0.25, 0.3) is 5.91 Å². The van der Waals surface area contributed by atoms with Gasteiger partial charge >= 0.3 is 6.09 Å². The van der Waals surface area contributed by atoms with Crippen molar-refractivity contribution >= 4 is 52.8 Å². The molecule has 12 heteroatoms. The summed E-state index contributed by atoms with van der Waals surface area (Å²) < 4.78 is 4.24. The normalized spacial score (nSPS) is 24.7. The van der Waals surface area contributed by atoms with E-state index in [4.69, 9.17) is 27.9 Å². The predicted molar refractivity (Wildman–Crippen MR) is 156 cm³/mol. The van der Waals surface area contributed by atoms with Gasteiger partial charge in [-0.1, -0.05) is 31.4 Å². The minimum absolute atomic E-state index is 0.0928. The number of carbonyl (C=O) groups excluding carboxylic acids is 5. The van der Waals surface area contributed by atoms with E-state index in [1.54, 1.807) is 26.8 Å². The van der Waals surface area contributed by atoms with E-state index in [1.807, 2.05) is 0 Å². The third-order valence-electron chi connectivity index (χ3n) is 7.87. The van der Waals surface area contributed by atoms with Crippen LogP contribution in [0.2, 0.25) is 0 Å². The number of halogens is 2. The van der Waals surface area contributed by atoms with Gasteiger partial charge in [-0.05, 0) is 52.4 Å². The highest BCUT2D eigenvalue weighted by Crippen LogP contribution is 2.65. The summed E-state index contributed by atoms with van der Waals surface area (Å²) in [6, 6.07) is -3.13. The van der Waals surface area contributed by atoms with Crippen LogP contribution in [0.1, 0.15) is 65.7 Å². The van der Waals surface area contributed by atoms with Crippen LogP contribution in [0, 0.1) is 17.8 Å². The zero-order chi connectivity index (χ0) is 30.5. The highest BCUT2D eigenvalue weighted by Gasteiger charge is 2.74. The van der Waals surface area contributed by atoms with Crippen LogP contribution in [0.5, 0.6) is 0 Å². The minimum atomic E-state index is -1.21. The standard InChI is InChI=1S/C29H42Cl2N4O6/c1-6-8-14-19(23(36)25(38)32-15-7-2)33-24(37)22-20-18(29(20,30)31)16-35(22)26(39)21(17-12-10-9-11-13-17)34-27(40)41-28(3,4)5/h6-7,17-22H,1-2,8-16H2,3-5H3,(H,32,38)(H,33,37)(H,34,40)/t18-,19?,20-,21?,22?/m0/s1. The molecule has 0 radical (unpaired) electrons. The summed E-state index contributed by atoms with van der Waals surface area (Å²) in [6.07, 6.45) is 7.20. The number of hydrogen-bond acceptors (Lipinski definition) is 6. The van der Waals surface area contributed by atoms with Gasteiger partial charge in [0.05, 0.1) is 6.04 Å². The fraction of sp³-hybridized carbons (Fsp3) is 0.690. The van der Waals surface area contributed by atoms with Gasteiger partial charge in [-0.3, -0.25) is 19.2 Å². The molecule has 3 fully saturated rings. The molecule has 0 spiro atoms. The van der Waals surface area contributed by atoms with Crippen LogP contribution in [0.15, 0.2) is 25.3 Å². The molecule has 3 N–H and O–H groups in total. The van der Waals surface area contributed by atoms with Gasteiger partial charge in [0.2, 0.25) is 17.6 Å². The molecule has 5 atom stereocenters. The second-order valence-electron chi connectivity index (χ2n) is 12.1. The van der Waals surface area contributed by atoms with Gasteiger partial charge in [-0.25, -0.2) is 4.79 Å². The summed E-state index contributed by atoms with van der Waals surface area (Å²) in [5, 5.41) is 7.88. The van der Waals surface area contributed by atoms with Crippen molar-refractivity contribution in [1.29, 1.82) is 0 Å². The van der Waals surface area contributed by atoms with Crippen molar-refractivity contribution < 1.29 is 28.7 Å². The second-order valence-corrected chi connectivity index (χ2v) is 13.5. The summed E-state index contributed by atoms with van der Waals surface area (Å²) in [6.45, 7) is 12.6. The van der Waals surface area contributed by atoms with Crippen molar-refractivity contribution in [3.63, 3.8) is 0 Å². The van der Waals surface area contributed by atoms with Gasteiger partial charge in [0.15, 0.2) is 0 Å². The molecule has 3 rings (SSSR count). The van der Waals surface area contributed by atoms with Crippen LogP contribution in [-0.2, 0) is 23.9 Å². The van der Waals surface area contributed by atoms with Gasteiger partial charge < -0.3 is 25.6 Å². The van der Waals surface area contributed by atoms with Crippen LogP contribution in [0.4, 0.5) is 4.79 Å². The Labute approximate surface area is 251 Å². The lowest BCUT2D eigenvalue weighted by atomic mass is 9.83. The topological polar surface area (TPSA) is 134 Å². The molecular formula is C29H42Cl2N4O6. The first kappa shape index (κ1) is 32.9. The van der Waals surface area contributed by atoms with Crippen molar-refractivity contribution in [2.45, 2.75) is 93.8 Å². The maximum atomic E-state index is 14.1. The quantitative estimate of drug-likeness (QED) is 0.176. The largest absolute Gasteiger partial charge is 0.444 e. The van der Waals surface area contributed by atoms with E-state index >= 15 is 0 Å². The van der Waals surface area contributed by atoms with E-state index in [1.165, 1.54) is 11.0 Å². The summed E-state index contributed by atoms with van der Waals surface area (Å²) in [5.74, 6) is -3.77. The summed E-state index contributed by atoms with van der Waals surface area (Å²) in [7, 11) is 0. The Kier molecular flexibility index (Phi) is 10.9. The monoisotopic (exact) mass is 612 g/mol. The number of ketones is 1. The number of nitrogens with zero attached hydrogens (tertiary/aromatic N) is 1. The summed E-state index contributed by atoms with van der Waals surface area (Å²) in [4.78, 5) is 67.3. The number of nitrogens with one attached hydrogen (secondary N) is 3. The Balaban J connectivity index is 1.85. The van der Waals surface area contributed by atoms with E-state index < -0.39 is 63.6 Å². The number of hydrogen-bond donors (Lipinski definition) is 3. The smallest absolute Gasteiger partial charge is 0.408 e. The van der Waals surface area contributed by atoms with Gasteiger partial charge in [0, 0.05) is 24.9 Å². The molecule has 0 bridgehead atoms. The minimum Gasteiger partial charge on any atom is -0.444 e. The fourth-order valence-corrected chi connectivity index (χ4v) is 6.64. The Morgan fingerprint density at radius 1 is 1.05 bits per heavy atom. The molecule has 1 aliphatic heterocycles. The van der Waals surface area contributed by atoms with Crippen LogP contribution in [0.25, 0.3) is 0 Å². The molecule has 3 aliphatic rings. The number of likely N-dealkylation sites (tertiary alicyclic amines) is 1. The van der Waals surface area contributed by atoms with Crippen molar-refractivity contribution in [3.05, 3.63) is 25.3 Å². The molecule has 0 aromatic carbocycles. The number of piperidine rings is 1. The van der Waals surface area contributed by atoms with E-state index in [0.717, 1.165) is 32.1 Å². The molecule has 3 unspecified atom stereocenters. The zero-order valence-corrected chi connectivity index (χ0v) is 25.6. The van der Waals surface area contributed by atoms with E-state index in [0.29, 0.717) is 6.42 Å². The molecule has 10 nitrogen and oxygen atoms in total. The Morgan fingerprint density at radius 2 is 1.71 bits per heavy atom. The highest BCUT2D eigenvalue weighted by atomic mass is 35.5. The SMILES string of the molecule is C=CCCC(NC(=O)C1[C@@H]2[C@H](CN1C(=O)C(NC(=O)OC(C)(C)C)C1CCCCC1)C2(Cl)Cl)C(=O)C(=O)NCC=C. The molecule has 41 heavy (non-hydrogen) atoms. The van der Waals surface area contributed by atoms with E-state index in [9.17, 15) is 24.0 Å². The molecule has 0 aromatic rings. The zero-order valence-electron chi connectivity index (χ0n) is 24.0. The summed E-state index contributed by atoms with van der Waals surface area (Å²) in [5.41, 5.74) is -0.760. The molecule has 2 aliphatic carbocycles. The third-order valence-corrected chi connectivity index (χ3v) is 8.93. The summed E-state index contributed by atoms with van der Waals surface area (Å²) >= 11 is 13.0. The van der Waals surface area contributed by atoms with Gasteiger partial charge in [-0.2, -0.15) is 0 Å². The average Bonchev–Trinajstić information content (AvgIpc) is 3.23. The lowest BCUT2D eigenvalue weighted by Crippen LogP contribution is -2.60. The molecule has 4 amide bonds. The van der Waals surface area contributed by atoms with Gasteiger partial charge in [-0.15, -0.1) is 36.4 Å². The van der Waals surface area contributed by atoms with E-state index in [-0.39, 0.29) is 31.3 Å². The Hall–Kier alpha value is -2.59. The van der Waals surface area contributed by atoms with Crippen molar-refractivity contribution in [2.24, 2.45) is 17.8 Å². The molecule has 1 saturated heterocycles. The number of alkyl halides is 2. The predicted octanol–water partition coefficient (Wildman–Crippen LogP) is 3.41. The van der Waals surface area contributed by atoms with E-state index in [2.05, 4.69) is 29.1 Å². The molecule has 1 heterocycles. The number of rotatable bonds is 12. The number of fused-ring (bicyclic) bond motifs is 1. The average molecular weight is 614 g/mol. The first-order chi connectivity index (χ1) is 19.2. The molecule has 228 valence electrons. The maximum absolute atomic E-state index is 14.1. The number of carbonyl (C=O) groups is 5.